The van der Waals surface area contributed by atoms with Gasteiger partial charge in [0.05, 0.1) is 33.3 Å². The molecule has 260 valence electrons. The van der Waals surface area contributed by atoms with Crippen LogP contribution in [0, 0.1) is 0 Å². The third kappa shape index (κ3) is 4.66. The van der Waals surface area contributed by atoms with Gasteiger partial charge in [-0.05, 0) is 88.3 Å². The quantitative estimate of drug-likeness (QED) is 0.182. The van der Waals surface area contributed by atoms with E-state index in [0.717, 1.165) is 55.7 Å². The van der Waals surface area contributed by atoms with Crippen LogP contribution in [0.3, 0.4) is 0 Å². The average molecular weight is 713 g/mol. The van der Waals surface area contributed by atoms with Gasteiger partial charge in [0.2, 0.25) is 0 Å². The van der Waals surface area contributed by atoms with Gasteiger partial charge >= 0.3 is 0 Å². The van der Waals surface area contributed by atoms with Crippen molar-refractivity contribution in [2.45, 2.75) is 0 Å². The van der Waals surface area contributed by atoms with Crippen LogP contribution < -0.4 is 0 Å². The molecule has 0 fully saturated rings. The standard InChI is InChI=1S/C52H32N4/c1-3-13-33(14-4-1)51-42-20-9-11-21-46(42)53-52(54-51)38-24-23-37-28-40(26-25-36(37)27-38)56-47-22-12-10-19-41(47)44-31-45-43-29-34-15-7-8-16-35(34)30-48(43)55(50(45)32-49(44)56)39-17-5-2-6-18-39/h1-32H. The molecular weight excluding hydrogens is 681 g/mol. The van der Waals surface area contributed by atoms with Crippen LogP contribution in [0.5, 0.6) is 0 Å². The van der Waals surface area contributed by atoms with Gasteiger partial charge in [0.1, 0.15) is 0 Å². The number of para-hydroxylation sites is 3. The molecule has 0 bridgehead atoms. The van der Waals surface area contributed by atoms with Crippen molar-refractivity contribution in [3.05, 3.63) is 194 Å². The molecule has 56 heavy (non-hydrogen) atoms. The van der Waals surface area contributed by atoms with Crippen molar-refractivity contribution in [3.63, 3.8) is 0 Å². The fourth-order valence-corrected chi connectivity index (χ4v) is 8.83. The van der Waals surface area contributed by atoms with Gasteiger partial charge in [0.15, 0.2) is 5.82 Å². The van der Waals surface area contributed by atoms with E-state index in [2.05, 4.69) is 191 Å². The first kappa shape index (κ1) is 30.9. The molecular formula is C52H32N4. The summed E-state index contributed by atoms with van der Waals surface area (Å²) >= 11 is 0. The summed E-state index contributed by atoms with van der Waals surface area (Å²) in [5, 5.41) is 10.8. The summed E-state index contributed by atoms with van der Waals surface area (Å²) in [7, 11) is 0. The highest BCUT2D eigenvalue weighted by atomic mass is 15.0. The molecule has 4 heteroatoms. The second kappa shape index (κ2) is 12.0. The lowest BCUT2D eigenvalue weighted by atomic mass is 10.0. The van der Waals surface area contributed by atoms with Crippen molar-refractivity contribution in [2.75, 3.05) is 0 Å². The maximum Gasteiger partial charge on any atom is 0.160 e. The monoisotopic (exact) mass is 712 g/mol. The van der Waals surface area contributed by atoms with Gasteiger partial charge in [-0.15, -0.1) is 0 Å². The number of hydrogen-bond donors (Lipinski definition) is 0. The van der Waals surface area contributed by atoms with Crippen LogP contribution in [0.1, 0.15) is 0 Å². The molecule has 0 aliphatic carbocycles. The SMILES string of the molecule is c1ccc(-c2nc(-c3ccc4cc(-n5c6ccccc6c6cc7c8cc9ccccc9cc8n(-c8ccccc8)c7cc65)ccc4c3)nc3ccccc23)cc1. The third-order valence-corrected chi connectivity index (χ3v) is 11.4. The highest BCUT2D eigenvalue weighted by Crippen LogP contribution is 2.41. The summed E-state index contributed by atoms with van der Waals surface area (Å²) in [5.41, 5.74) is 11.0. The minimum atomic E-state index is 0.724. The molecule has 4 nitrogen and oxygen atoms in total. The Kier molecular flexibility index (Phi) is 6.60. The van der Waals surface area contributed by atoms with E-state index < -0.39 is 0 Å². The highest BCUT2D eigenvalue weighted by molar-refractivity contribution is 6.21. The van der Waals surface area contributed by atoms with Gasteiger partial charge in [-0.25, -0.2) is 9.97 Å². The molecule has 0 amide bonds. The number of rotatable bonds is 4. The molecule has 0 unspecified atom stereocenters. The van der Waals surface area contributed by atoms with E-state index in [9.17, 15) is 0 Å². The van der Waals surface area contributed by atoms with Crippen molar-refractivity contribution < 1.29 is 0 Å². The number of fused-ring (bicyclic) bond motifs is 9. The van der Waals surface area contributed by atoms with Gasteiger partial charge < -0.3 is 9.13 Å². The number of nitrogens with zero attached hydrogens (tertiary/aromatic N) is 4. The largest absolute Gasteiger partial charge is 0.309 e. The highest BCUT2D eigenvalue weighted by Gasteiger charge is 2.19. The Morgan fingerprint density at radius 1 is 0.304 bits per heavy atom. The predicted molar refractivity (Wildman–Crippen MR) is 234 cm³/mol. The zero-order chi connectivity index (χ0) is 36.7. The van der Waals surface area contributed by atoms with Crippen molar-refractivity contribution in [3.8, 4) is 34.0 Å². The maximum absolute atomic E-state index is 5.14. The van der Waals surface area contributed by atoms with E-state index >= 15 is 0 Å². The summed E-state index contributed by atoms with van der Waals surface area (Å²) in [4.78, 5) is 10.2. The van der Waals surface area contributed by atoms with E-state index in [4.69, 9.17) is 9.97 Å². The van der Waals surface area contributed by atoms with E-state index in [1.54, 1.807) is 0 Å². The van der Waals surface area contributed by atoms with Crippen LogP contribution in [0.2, 0.25) is 0 Å². The Bertz CT molecular complexity index is 3520. The lowest BCUT2D eigenvalue weighted by molar-refractivity contribution is 1.17. The van der Waals surface area contributed by atoms with E-state index in [1.165, 1.54) is 54.4 Å². The zero-order valence-electron chi connectivity index (χ0n) is 30.3. The van der Waals surface area contributed by atoms with Crippen molar-refractivity contribution >= 4 is 76.1 Å². The molecule has 0 aliphatic rings. The van der Waals surface area contributed by atoms with Crippen LogP contribution in [-0.4, -0.2) is 19.1 Å². The maximum atomic E-state index is 5.14. The summed E-state index contributed by atoms with van der Waals surface area (Å²) in [6.07, 6.45) is 0. The summed E-state index contributed by atoms with van der Waals surface area (Å²) in [6.45, 7) is 0. The molecule has 12 rings (SSSR count). The normalized spacial score (nSPS) is 11.9. The first-order chi connectivity index (χ1) is 27.7. The fourth-order valence-electron chi connectivity index (χ4n) is 8.83. The zero-order valence-corrected chi connectivity index (χ0v) is 30.3. The van der Waals surface area contributed by atoms with E-state index in [-0.39, 0.29) is 0 Å². The molecule has 0 N–H and O–H groups in total. The van der Waals surface area contributed by atoms with Gasteiger partial charge in [-0.1, -0.05) is 127 Å². The first-order valence-corrected chi connectivity index (χ1v) is 19.1. The van der Waals surface area contributed by atoms with Crippen LogP contribution in [0.15, 0.2) is 194 Å². The second-order valence-electron chi connectivity index (χ2n) is 14.7. The van der Waals surface area contributed by atoms with Crippen molar-refractivity contribution in [1.82, 2.24) is 19.1 Å². The molecule has 0 atom stereocenters. The van der Waals surface area contributed by atoms with E-state index in [0.29, 0.717) is 0 Å². The van der Waals surface area contributed by atoms with Crippen LogP contribution in [-0.2, 0) is 0 Å². The number of benzene rings is 9. The molecule has 0 saturated heterocycles. The lowest BCUT2D eigenvalue weighted by Gasteiger charge is -2.12. The molecule has 3 aromatic heterocycles. The molecule has 0 radical (unpaired) electrons. The lowest BCUT2D eigenvalue weighted by Crippen LogP contribution is -1.96. The number of hydrogen-bond acceptors (Lipinski definition) is 2. The Morgan fingerprint density at radius 2 is 0.893 bits per heavy atom. The summed E-state index contributed by atoms with van der Waals surface area (Å²) in [5.74, 6) is 0.724. The van der Waals surface area contributed by atoms with E-state index in [1.807, 2.05) is 12.1 Å². The van der Waals surface area contributed by atoms with Crippen LogP contribution >= 0.6 is 0 Å². The van der Waals surface area contributed by atoms with Gasteiger partial charge in [-0.3, -0.25) is 0 Å². The Labute approximate surface area is 322 Å². The second-order valence-corrected chi connectivity index (χ2v) is 14.7. The summed E-state index contributed by atoms with van der Waals surface area (Å²) < 4.78 is 4.86. The molecule has 12 aromatic rings. The minimum Gasteiger partial charge on any atom is -0.309 e. The predicted octanol–water partition coefficient (Wildman–Crippen LogP) is 13.5. The Hall–Kier alpha value is -7.56. The van der Waals surface area contributed by atoms with Gasteiger partial charge in [-0.2, -0.15) is 0 Å². The average Bonchev–Trinajstić information content (AvgIpc) is 3.75. The van der Waals surface area contributed by atoms with Crippen LogP contribution in [0.25, 0.3) is 110 Å². The molecule has 3 heterocycles. The van der Waals surface area contributed by atoms with Crippen molar-refractivity contribution in [1.29, 1.82) is 0 Å². The molecule has 0 saturated carbocycles. The minimum absolute atomic E-state index is 0.724. The smallest absolute Gasteiger partial charge is 0.160 e. The van der Waals surface area contributed by atoms with Gasteiger partial charge in [0.25, 0.3) is 0 Å². The van der Waals surface area contributed by atoms with Crippen LogP contribution in [0.4, 0.5) is 0 Å². The summed E-state index contributed by atoms with van der Waals surface area (Å²) in [6, 6.07) is 69.8. The Morgan fingerprint density at radius 3 is 1.73 bits per heavy atom. The fraction of sp³-hybridized carbons (Fsp3) is 0. The number of aromatic nitrogens is 4. The molecule has 0 aliphatic heterocycles. The topological polar surface area (TPSA) is 35.6 Å². The molecule has 9 aromatic carbocycles. The third-order valence-electron chi connectivity index (χ3n) is 11.4. The Balaban J connectivity index is 1.06. The first-order valence-electron chi connectivity index (χ1n) is 19.1. The van der Waals surface area contributed by atoms with Gasteiger partial charge in [0, 0.05) is 49.4 Å². The molecule has 0 spiro atoms. The van der Waals surface area contributed by atoms with Crippen molar-refractivity contribution in [2.24, 2.45) is 0 Å².